The highest BCUT2D eigenvalue weighted by atomic mass is 32.1. The first-order valence-electron chi connectivity index (χ1n) is 7.46. The third-order valence-corrected chi connectivity index (χ3v) is 4.72. The summed E-state index contributed by atoms with van der Waals surface area (Å²) < 4.78 is 10.3. The molecule has 6 nitrogen and oxygen atoms in total. The smallest absolute Gasteiger partial charge is 0.341 e. The largest absolute Gasteiger partial charge is 0.495 e. The minimum atomic E-state index is -0.438. The maximum atomic E-state index is 12.6. The van der Waals surface area contributed by atoms with Crippen molar-refractivity contribution in [2.24, 2.45) is 0 Å². The Morgan fingerprint density at radius 1 is 1.25 bits per heavy atom. The van der Waals surface area contributed by atoms with Gasteiger partial charge in [-0.3, -0.25) is 4.79 Å². The van der Waals surface area contributed by atoms with Crippen LogP contribution in [0.15, 0.2) is 24.3 Å². The van der Waals surface area contributed by atoms with Crippen LogP contribution in [0.3, 0.4) is 0 Å². The molecule has 0 aliphatic heterocycles. The second kappa shape index (κ2) is 7.83. The first kappa shape index (κ1) is 17.8. The molecule has 0 spiro atoms. The lowest BCUT2D eigenvalue weighted by molar-refractivity contribution is 0.0527. The van der Waals surface area contributed by atoms with Crippen LogP contribution in [-0.4, -0.2) is 32.6 Å². The van der Waals surface area contributed by atoms with Gasteiger partial charge in [0.2, 0.25) is 0 Å². The predicted octanol–water partition coefficient (Wildman–Crippen LogP) is 3.54. The average molecular weight is 348 g/mol. The van der Waals surface area contributed by atoms with Crippen molar-refractivity contribution >= 4 is 33.9 Å². The number of para-hydroxylation sites is 2. The van der Waals surface area contributed by atoms with Crippen molar-refractivity contribution in [2.75, 3.05) is 31.4 Å². The fourth-order valence-corrected chi connectivity index (χ4v) is 3.33. The Labute approximate surface area is 144 Å². The minimum absolute atomic E-state index is 0.278. The van der Waals surface area contributed by atoms with E-state index in [9.17, 15) is 9.59 Å². The van der Waals surface area contributed by atoms with Crippen LogP contribution < -0.4 is 15.4 Å². The molecule has 1 heterocycles. The molecule has 0 unspecified atom stereocenters. The van der Waals surface area contributed by atoms with E-state index in [1.54, 1.807) is 40.1 Å². The number of hydrogen-bond acceptors (Lipinski definition) is 6. The number of carbonyl (C=O) groups is 2. The Morgan fingerprint density at radius 2 is 1.96 bits per heavy atom. The summed E-state index contributed by atoms with van der Waals surface area (Å²) in [5, 5.41) is 6.38. The van der Waals surface area contributed by atoms with Crippen molar-refractivity contribution in [3.63, 3.8) is 0 Å². The van der Waals surface area contributed by atoms with Gasteiger partial charge in [0.15, 0.2) is 0 Å². The van der Waals surface area contributed by atoms with E-state index in [0.29, 0.717) is 32.4 Å². The normalized spacial score (nSPS) is 10.2. The Bertz CT molecular complexity index is 755. The molecule has 0 radical (unpaired) electrons. The number of hydrogen-bond donors (Lipinski definition) is 2. The van der Waals surface area contributed by atoms with Crippen LogP contribution in [-0.2, 0) is 4.74 Å². The summed E-state index contributed by atoms with van der Waals surface area (Å²) in [5.74, 6) is -0.166. The van der Waals surface area contributed by atoms with Gasteiger partial charge in [0.05, 0.1) is 29.8 Å². The minimum Gasteiger partial charge on any atom is -0.495 e. The van der Waals surface area contributed by atoms with Gasteiger partial charge in [0.25, 0.3) is 5.91 Å². The van der Waals surface area contributed by atoms with E-state index in [2.05, 4.69) is 10.6 Å². The first-order valence-corrected chi connectivity index (χ1v) is 8.27. The number of ether oxygens (including phenoxy) is 2. The van der Waals surface area contributed by atoms with Crippen LogP contribution in [0.25, 0.3) is 0 Å². The monoisotopic (exact) mass is 348 g/mol. The molecule has 1 aromatic carbocycles. The first-order chi connectivity index (χ1) is 11.5. The molecule has 0 atom stereocenters. The highest BCUT2D eigenvalue weighted by molar-refractivity contribution is 7.18. The van der Waals surface area contributed by atoms with Crippen molar-refractivity contribution in [2.45, 2.75) is 13.8 Å². The number of amides is 1. The van der Waals surface area contributed by atoms with Crippen LogP contribution in [0.2, 0.25) is 0 Å². The van der Waals surface area contributed by atoms with E-state index >= 15 is 0 Å². The van der Waals surface area contributed by atoms with Gasteiger partial charge in [-0.15, -0.1) is 11.3 Å². The van der Waals surface area contributed by atoms with E-state index in [4.69, 9.17) is 9.47 Å². The summed E-state index contributed by atoms with van der Waals surface area (Å²) in [7, 11) is 3.25. The lowest BCUT2D eigenvalue weighted by Gasteiger charge is -2.09. The van der Waals surface area contributed by atoms with Gasteiger partial charge in [-0.05, 0) is 31.5 Å². The van der Waals surface area contributed by atoms with E-state index in [1.807, 2.05) is 12.1 Å². The van der Waals surface area contributed by atoms with Gasteiger partial charge in [0, 0.05) is 7.05 Å². The number of benzene rings is 1. The van der Waals surface area contributed by atoms with Crippen LogP contribution in [0, 0.1) is 6.92 Å². The van der Waals surface area contributed by atoms with Gasteiger partial charge < -0.3 is 20.1 Å². The topological polar surface area (TPSA) is 76.7 Å². The highest BCUT2D eigenvalue weighted by Gasteiger charge is 2.25. The van der Waals surface area contributed by atoms with Crippen molar-refractivity contribution < 1.29 is 19.1 Å². The van der Waals surface area contributed by atoms with Crippen molar-refractivity contribution in [1.29, 1.82) is 0 Å². The van der Waals surface area contributed by atoms with E-state index in [1.165, 1.54) is 11.3 Å². The molecule has 0 saturated heterocycles. The zero-order chi connectivity index (χ0) is 17.7. The molecule has 128 valence electrons. The lowest BCUT2D eigenvalue weighted by atomic mass is 10.1. The van der Waals surface area contributed by atoms with Crippen molar-refractivity contribution in [1.82, 2.24) is 0 Å². The fraction of sp³-hybridized carbons (Fsp3) is 0.294. The standard InChI is InChI=1S/C17H20N2O4S/c1-5-23-17(21)13-10(2)14(24-16(13)18-3)15(20)19-11-8-6-7-9-12(11)22-4/h6-9,18H,5H2,1-4H3,(H,19,20). The van der Waals surface area contributed by atoms with E-state index in [0.717, 1.165) is 0 Å². The molecule has 0 aliphatic rings. The molecule has 0 aliphatic carbocycles. The van der Waals surface area contributed by atoms with Crippen molar-refractivity contribution in [3.8, 4) is 5.75 Å². The van der Waals surface area contributed by atoms with E-state index in [-0.39, 0.29) is 12.5 Å². The molecule has 2 aromatic rings. The van der Waals surface area contributed by atoms with Gasteiger partial charge in [-0.1, -0.05) is 12.1 Å². The van der Waals surface area contributed by atoms with Crippen LogP contribution in [0.1, 0.15) is 32.5 Å². The molecule has 0 bridgehead atoms. The molecule has 1 aromatic heterocycles. The average Bonchev–Trinajstić information content (AvgIpc) is 2.92. The third kappa shape index (κ3) is 3.51. The SMILES string of the molecule is CCOC(=O)c1c(NC)sc(C(=O)Nc2ccccc2OC)c1C. The Balaban J connectivity index is 2.35. The van der Waals surface area contributed by atoms with Gasteiger partial charge in [-0.2, -0.15) is 0 Å². The summed E-state index contributed by atoms with van der Waals surface area (Å²) >= 11 is 1.22. The van der Waals surface area contributed by atoms with E-state index < -0.39 is 5.97 Å². The van der Waals surface area contributed by atoms with Crippen molar-refractivity contribution in [3.05, 3.63) is 40.3 Å². The second-order valence-electron chi connectivity index (χ2n) is 4.89. The molecular weight excluding hydrogens is 328 g/mol. The highest BCUT2D eigenvalue weighted by Crippen LogP contribution is 2.34. The summed E-state index contributed by atoms with van der Waals surface area (Å²) in [6.45, 7) is 3.76. The zero-order valence-electron chi connectivity index (χ0n) is 14.1. The van der Waals surface area contributed by atoms with Crippen LogP contribution in [0.5, 0.6) is 5.75 Å². The number of thiophene rings is 1. The number of carbonyl (C=O) groups excluding carboxylic acids is 2. The molecule has 24 heavy (non-hydrogen) atoms. The summed E-state index contributed by atoms with van der Waals surface area (Å²) in [5.41, 5.74) is 1.56. The molecule has 2 N–H and O–H groups in total. The summed E-state index contributed by atoms with van der Waals surface area (Å²) in [6, 6.07) is 7.15. The predicted molar refractivity (Wildman–Crippen MR) is 95.5 cm³/mol. The maximum absolute atomic E-state index is 12.6. The lowest BCUT2D eigenvalue weighted by Crippen LogP contribution is -2.13. The second-order valence-corrected chi connectivity index (χ2v) is 5.91. The van der Waals surface area contributed by atoms with Gasteiger partial charge in [-0.25, -0.2) is 4.79 Å². The number of anilines is 2. The molecule has 0 saturated carbocycles. The Hall–Kier alpha value is -2.54. The number of rotatable bonds is 6. The third-order valence-electron chi connectivity index (χ3n) is 3.41. The summed E-state index contributed by atoms with van der Waals surface area (Å²) in [4.78, 5) is 25.2. The molecule has 0 fully saturated rings. The molecule has 7 heteroatoms. The Morgan fingerprint density at radius 3 is 2.58 bits per heavy atom. The Kier molecular flexibility index (Phi) is 5.81. The molecular formula is C17H20N2O4S. The van der Waals surface area contributed by atoms with Crippen LogP contribution in [0.4, 0.5) is 10.7 Å². The molecule has 2 rings (SSSR count). The van der Waals surface area contributed by atoms with Gasteiger partial charge in [0.1, 0.15) is 10.8 Å². The van der Waals surface area contributed by atoms with Gasteiger partial charge >= 0.3 is 5.97 Å². The zero-order valence-corrected chi connectivity index (χ0v) is 14.9. The quantitative estimate of drug-likeness (QED) is 0.781. The maximum Gasteiger partial charge on any atom is 0.341 e. The molecule has 1 amide bonds. The fourth-order valence-electron chi connectivity index (χ4n) is 2.28. The van der Waals surface area contributed by atoms with Crippen LogP contribution >= 0.6 is 11.3 Å². The number of methoxy groups -OCH3 is 1. The summed E-state index contributed by atoms with van der Waals surface area (Å²) in [6.07, 6.45) is 0. The number of nitrogens with one attached hydrogen (secondary N) is 2. The number of esters is 1.